The fraction of sp³-hybridized carbons (Fsp3) is 0.100. The van der Waals surface area contributed by atoms with E-state index in [4.69, 9.17) is 22.8 Å². The van der Waals surface area contributed by atoms with Gasteiger partial charge in [-0.05, 0) is 28.1 Å². The highest BCUT2D eigenvalue weighted by molar-refractivity contribution is 9.10. The molecule has 0 atom stereocenters. The van der Waals surface area contributed by atoms with Crippen LogP contribution in [-0.4, -0.2) is 12.9 Å². The minimum atomic E-state index is 0.138. The normalized spacial score (nSPS) is 9.21. The van der Waals surface area contributed by atoms with Crippen LogP contribution in [0.25, 0.3) is 0 Å². The van der Waals surface area contributed by atoms with Crippen LogP contribution in [0.4, 0.5) is 0 Å². The number of benzene rings is 1. The molecule has 1 aromatic rings. The van der Waals surface area contributed by atoms with E-state index in [1.54, 1.807) is 6.07 Å². The maximum Gasteiger partial charge on any atom is 0.153 e. The number of carbonyl (C=O) groups is 1. The molecule has 0 heterocycles. The van der Waals surface area contributed by atoms with Gasteiger partial charge in [0.25, 0.3) is 0 Å². The van der Waals surface area contributed by atoms with E-state index >= 15 is 0 Å². The first kappa shape index (κ1) is 11.1. The molecule has 0 bridgehead atoms. The summed E-state index contributed by atoms with van der Waals surface area (Å²) < 4.78 is 5.80. The van der Waals surface area contributed by atoms with E-state index in [-0.39, 0.29) is 6.61 Å². The minimum absolute atomic E-state index is 0.138. The molecule has 0 spiro atoms. The van der Waals surface area contributed by atoms with E-state index in [1.807, 2.05) is 0 Å². The first-order valence-corrected chi connectivity index (χ1v) is 4.86. The van der Waals surface area contributed by atoms with Gasteiger partial charge in [-0.1, -0.05) is 17.5 Å². The molecule has 2 nitrogen and oxygen atoms in total. The van der Waals surface area contributed by atoms with E-state index in [2.05, 4.69) is 21.9 Å². The van der Waals surface area contributed by atoms with Crippen LogP contribution in [0.5, 0.6) is 5.75 Å². The second-order valence-corrected chi connectivity index (χ2v) is 3.69. The zero-order valence-electron chi connectivity index (χ0n) is 7.09. The van der Waals surface area contributed by atoms with Crippen molar-refractivity contribution in [2.24, 2.45) is 0 Å². The van der Waals surface area contributed by atoms with Crippen molar-refractivity contribution in [3.8, 4) is 18.1 Å². The average molecular weight is 274 g/mol. The van der Waals surface area contributed by atoms with Gasteiger partial charge < -0.3 is 4.74 Å². The standard InChI is InChI=1S/C10H6BrClO2/c1-2-3-14-10-8(11)4-7(6-13)5-9(10)12/h1,4-6H,3H2. The third-order valence-electron chi connectivity index (χ3n) is 1.46. The van der Waals surface area contributed by atoms with Crippen LogP contribution >= 0.6 is 27.5 Å². The molecule has 0 amide bonds. The molecule has 0 aromatic heterocycles. The molecule has 0 fully saturated rings. The first-order valence-electron chi connectivity index (χ1n) is 3.69. The van der Waals surface area contributed by atoms with Gasteiger partial charge in [-0.25, -0.2) is 0 Å². The lowest BCUT2D eigenvalue weighted by atomic mass is 10.2. The number of aldehydes is 1. The molecule has 4 heteroatoms. The summed E-state index contributed by atoms with van der Waals surface area (Å²) in [6.07, 6.45) is 5.75. The minimum Gasteiger partial charge on any atom is -0.478 e. The number of halogens is 2. The van der Waals surface area contributed by atoms with Crippen molar-refractivity contribution in [2.75, 3.05) is 6.61 Å². The van der Waals surface area contributed by atoms with Crippen molar-refractivity contribution in [1.29, 1.82) is 0 Å². The van der Waals surface area contributed by atoms with E-state index in [1.165, 1.54) is 6.07 Å². The molecule has 14 heavy (non-hydrogen) atoms. The van der Waals surface area contributed by atoms with Gasteiger partial charge in [-0.3, -0.25) is 4.79 Å². The maximum absolute atomic E-state index is 10.5. The van der Waals surface area contributed by atoms with E-state index in [0.29, 0.717) is 27.1 Å². The van der Waals surface area contributed by atoms with Crippen LogP contribution in [0.15, 0.2) is 16.6 Å². The lowest BCUT2D eigenvalue weighted by Gasteiger charge is -2.07. The van der Waals surface area contributed by atoms with Gasteiger partial charge >= 0.3 is 0 Å². The Labute approximate surface area is 95.3 Å². The average Bonchev–Trinajstić information content (AvgIpc) is 2.16. The molecule has 0 aliphatic heterocycles. The molecule has 1 rings (SSSR count). The Hall–Kier alpha value is -0.980. The largest absolute Gasteiger partial charge is 0.478 e. The highest BCUT2D eigenvalue weighted by Crippen LogP contribution is 2.33. The summed E-state index contributed by atoms with van der Waals surface area (Å²) in [6, 6.07) is 3.13. The Balaban J connectivity index is 3.06. The SMILES string of the molecule is C#CCOc1c(Cl)cc(C=O)cc1Br. The number of carbonyl (C=O) groups excluding carboxylic acids is 1. The Bertz CT molecular complexity index is 373. The van der Waals surface area contributed by atoms with Crippen LogP contribution in [0.3, 0.4) is 0 Å². The van der Waals surface area contributed by atoms with Gasteiger partial charge in [0.05, 0.1) is 9.50 Å². The predicted molar refractivity (Wildman–Crippen MR) is 58.9 cm³/mol. The molecule has 0 N–H and O–H groups in total. The zero-order valence-corrected chi connectivity index (χ0v) is 9.43. The van der Waals surface area contributed by atoms with Gasteiger partial charge in [-0.15, -0.1) is 6.42 Å². The Kier molecular flexibility index (Phi) is 3.99. The molecule has 1 aromatic carbocycles. The summed E-state index contributed by atoms with van der Waals surface area (Å²) >= 11 is 9.10. The van der Waals surface area contributed by atoms with Gasteiger partial charge in [0.15, 0.2) is 5.75 Å². The third kappa shape index (κ3) is 2.50. The summed E-state index contributed by atoms with van der Waals surface area (Å²) in [5.74, 6) is 2.78. The van der Waals surface area contributed by atoms with Crippen LogP contribution < -0.4 is 4.74 Å². The van der Waals surface area contributed by atoms with Gasteiger partial charge in [-0.2, -0.15) is 0 Å². The number of terminal acetylenes is 1. The molecule has 0 radical (unpaired) electrons. The number of rotatable bonds is 3. The quantitative estimate of drug-likeness (QED) is 0.625. The smallest absolute Gasteiger partial charge is 0.153 e. The van der Waals surface area contributed by atoms with Crippen LogP contribution in [-0.2, 0) is 0 Å². The molecule has 0 aliphatic rings. The van der Waals surface area contributed by atoms with Crippen molar-refractivity contribution in [1.82, 2.24) is 0 Å². The van der Waals surface area contributed by atoms with E-state index in [0.717, 1.165) is 0 Å². The number of ether oxygens (including phenoxy) is 1. The summed E-state index contributed by atoms with van der Waals surface area (Å²) in [5, 5.41) is 0.358. The summed E-state index contributed by atoms with van der Waals surface area (Å²) in [4.78, 5) is 10.5. The van der Waals surface area contributed by atoms with Gasteiger partial charge in [0, 0.05) is 5.56 Å². The Morgan fingerprint density at radius 3 is 2.86 bits per heavy atom. The van der Waals surface area contributed by atoms with Crippen LogP contribution in [0, 0.1) is 12.3 Å². The second kappa shape index (κ2) is 5.04. The first-order chi connectivity index (χ1) is 6.69. The Morgan fingerprint density at radius 2 is 2.36 bits per heavy atom. The molecule has 0 aliphatic carbocycles. The summed E-state index contributed by atoms with van der Waals surface area (Å²) in [6.45, 7) is 0.138. The van der Waals surface area contributed by atoms with Gasteiger partial charge in [0.2, 0.25) is 0 Å². The zero-order chi connectivity index (χ0) is 10.6. The molecule has 0 unspecified atom stereocenters. The van der Waals surface area contributed by atoms with Crippen LogP contribution in [0.1, 0.15) is 10.4 Å². The molecule has 0 saturated heterocycles. The fourth-order valence-electron chi connectivity index (χ4n) is 0.899. The molecular formula is C10H6BrClO2. The Morgan fingerprint density at radius 1 is 1.64 bits per heavy atom. The summed E-state index contributed by atoms with van der Waals surface area (Å²) in [5.41, 5.74) is 0.481. The number of hydrogen-bond acceptors (Lipinski definition) is 2. The molecular weight excluding hydrogens is 267 g/mol. The molecule has 0 saturated carbocycles. The monoisotopic (exact) mass is 272 g/mol. The molecule has 72 valence electrons. The fourth-order valence-corrected chi connectivity index (χ4v) is 1.89. The van der Waals surface area contributed by atoms with Crippen molar-refractivity contribution < 1.29 is 9.53 Å². The lowest BCUT2D eigenvalue weighted by molar-refractivity contribution is 0.112. The predicted octanol–water partition coefficient (Wildman–Crippen LogP) is 2.93. The third-order valence-corrected chi connectivity index (χ3v) is 2.33. The summed E-state index contributed by atoms with van der Waals surface area (Å²) in [7, 11) is 0. The van der Waals surface area contributed by atoms with E-state index < -0.39 is 0 Å². The van der Waals surface area contributed by atoms with Crippen molar-refractivity contribution >= 4 is 33.8 Å². The highest BCUT2D eigenvalue weighted by atomic mass is 79.9. The van der Waals surface area contributed by atoms with E-state index in [9.17, 15) is 4.79 Å². The topological polar surface area (TPSA) is 26.3 Å². The van der Waals surface area contributed by atoms with Crippen molar-refractivity contribution in [3.63, 3.8) is 0 Å². The van der Waals surface area contributed by atoms with Gasteiger partial charge in [0.1, 0.15) is 12.9 Å². The maximum atomic E-state index is 10.5. The van der Waals surface area contributed by atoms with Crippen molar-refractivity contribution in [3.05, 3.63) is 27.2 Å². The van der Waals surface area contributed by atoms with Crippen LogP contribution in [0.2, 0.25) is 5.02 Å². The highest BCUT2D eigenvalue weighted by Gasteiger charge is 2.08. The lowest BCUT2D eigenvalue weighted by Crippen LogP contribution is -1.96. The number of hydrogen-bond donors (Lipinski definition) is 0. The second-order valence-electron chi connectivity index (χ2n) is 2.42. The van der Waals surface area contributed by atoms with Crippen molar-refractivity contribution in [2.45, 2.75) is 0 Å².